The lowest BCUT2D eigenvalue weighted by atomic mass is 10.1. The number of hydrogen-bond donors (Lipinski definition) is 1. The molecule has 5 nitrogen and oxygen atoms in total. The molecule has 1 N–H and O–H groups in total. The van der Waals surface area contributed by atoms with Gasteiger partial charge in [-0.15, -0.1) is 11.3 Å². The number of ether oxygens (including phenoxy) is 2. The van der Waals surface area contributed by atoms with Crippen molar-refractivity contribution in [3.63, 3.8) is 0 Å². The summed E-state index contributed by atoms with van der Waals surface area (Å²) in [7, 11) is 0. The average Bonchev–Trinajstić information content (AvgIpc) is 2.84. The molecule has 0 amide bonds. The van der Waals surface area contributed by atoms with Crippen molar-refractivity contribution in [3.8, 4) is 5.88 Å². The average molecular weight is 279 g/mol. The van der Waals surface area contributed by atoms with E-state index in [1.807, 2.05) is 11.4 Å². The van der Waals surface area contributed by atoms with Crippen LogP contribution >= 0.6 is 11.3 Å². The summed E-state index contributed by atoms with van der Waals surface area (Å²) >= 11 is 1.59. The van der Waals surface area contributed by atoms with Gasteiger partial charge in [0.25, 0.3) is 0 Å². The molecule has 2 aromatic rings. The molecule has 0 aromatic carbocycles. The molecule has 1 aliphatic heterocycles. The first-order valence-corrected chi connectivity index (χ1v) is 7.21. The van der Waals surface area contributed by atoms with Crippen molar-refractivity contribution in [1.82, 2.24) is 15.3 Å². The summed E-state index contributed by atoms with van der Waals surface area (Å²) in [5.74, 6) is 0.645. The van der Waals surface area contributed by atoms with E-state index in [1.54, 1.807) is 11.3 Å². The number of morpholine rings is 1. The van der Waals surface area contributed by atoms with Crippen LogP contribution in [0.1, 0.15) is 13.8 Å². The van der Waals surface area contributed by atoms with Crippen LogP contribution < -0.4 is 10.1 Å². The van der Waals surface area contributed by atoms with Crippen LogP contribution in [0.3, 0.4) is 0 Å². The number of nitrogens with zero attached hydrogens (tertiary/aromatic N) is 2. The molecule has 0 spiro atoms. The summed E-state index contributed by atoms with van der Waals surface area (Å²) < 4.78 is 12.8. The third-order valence-electron chi connectivity index (χ3n) is 3.02. The molecule has 6 heteroatoms. The second-order valence-electron chi connectivity index (χ2n) is 5.26. The highest BCUT2D eigenvalue weighted by Crippen LogP contribution is 2.27. The van der Waals surface area contributed by atoms with Gasteiger partial charge in [-0.25, -0.2) is 9.97 Å². The van der Waals surface area contributed by atoms with Crippen molar-refractivity contribution < 1.29 is 9.47 Å². The molecular formula is C13H17N3O2S. The zero-order chi connectivity index (χ0) is 13.3. The zero-order valence-electron chi connectivity index (χ0n) is 11.0. The Balaban J connectivity index is 1.67. The Labute approximate surface area is 116 Å². The SMILES string of the molecule is CC1(C)CNCC(COc2ncnc3ccsc23)O1. The summed E-state index contributed by atoms with van der Waals surface area (Å²) in [4.78, 5) is 8.40. The zero-order valence-corrected chi connectivity index (χ0v) is 11.9. The van der Waals surface area contributed by atoms with Gasteiger partial charge in [-0.3, -0.25) is 0 Å². The van der Waals surface area contributed by atoms with E-state index < -0.39 is 0 Å². The Morgan fingerprint density at radius 3 is 3.26 bits per heavy atom. The molecule has 1 fully saturated rings. The molecule has 1 atom stereocenters. The largest absolute Gasteiger partial charge is 0.474 e. The minimum absolute atomic E-state index is 0.0497. The molecule has 0 saturated carbocycles. The maximum Gasteiger partial charge on any atom is 0.234 e. The van der Waals surface area contributed by atoms with Gasteiger partial charge in [-0.05, 0) is 25.3 Å². The minimum Gasteiger partial charge on any atom is -0.474 e. The van der Waals surface area contributed by atoms with Crippen molar-refractivity contribution in [3.05, 3.63) is 17.8 Å². The van der Waals surface area contributed by atoms with Gasteiger partial charge in [0.2, 0.25) is 5.88 Å². The van der Waals surface area contributed by atoms with Crippen molar-refractivity contribution in [2.75, 3.05) is 19.7 Å². The molecule has 2 aromatic heterocycles. The van der Waals surface area contributed by atoms with Gasteiger partial charge in [0.15, 0.2) is 0 Å². The van der Waals surface area contributed by atoms with Gasteiger partial charge in [0.05, 0.1) is 11.1 Å². The van der Waals surface area contributed by atoms with Gasteiger partial charge in [0.1, 0.15) is 23.7 Å². The number of aromatic nitrogens is 2. The van der Waals surface area contributed by atoms with Crippen molar-refractivity contribution in [2.24, 2.45) is 0 Å². The fourth-order valence-corrected chi connectivity index (χ4v) is 2.99. The van der Waals surface area contributed by atoms with Gasteiger partial charge in [0, 0.05) is 13.1 Å². The lowest BCUT2D eigenvalue weighted by Crippen LogP contribution is -2.52. The van der Waals surface area contributed by atoms with Gasteiger partial charge < -0.3 is 14.8 Å². The summed E-state index contributed by atoms with van der Waals surface area (Å²) in [5, 5.41) is 5.35. The maximum atomic E-state index is 5.96. The van der Waals surface area contributed by atoms with Crippen molar-refractivity contribution in [2.45, 2.75) is 25.6 Å². The quantitative estimate of drug-likeness (QED) is 0.929. The van der Waals surface area contributed by atoms with Crippen molar-refractivity contribution in [1.29, 1.82) is 0 Å². The van der Waals surface area contributed by atoms with Crippen LogP contribution in [0.2, 0.25) is 0 Å². The molecule has 0 aliphatic carbocycles. The monoisotopic (exact) mass is 279 g/mol. The van der Waals surface area contributed by atoms with Gasteiger partial charge in [-0.2, -0.15) is 0 Å². The Hall–Kier alpha value is -1.24. The Bertz CT molecular complexity index is 570. The fourth-order valence-electron chi connectivity index (χ4n) is 2.20. The number of fused-ring (bicyclic) bond motifs is 1. The minimum atomic E-state index is -0.143. The van der Waals surface area contributed by atoms with E-state index in [-0.39, 0.29) is 11.7 Å². The highest BCUT2D eigenvalue weighted by Gasteiger charge is 2.28. The van der Waals surface area contributed by atoms with Gasteiger partial charge >= 0.3 is 0 Å². The maximum absolute atomic E-state index is 5.96. The molecule has 0 bridgehead atoms. The van der Waals surface area contributed by atoms with Crippen LogP contribution in [-0.4, -0.2) is 41.4 Å². The highest BCUT2D eigenvalue weighted by molar-refractivity contribution is 7.17. The van der Waals surface area contributed by atoms with Crippen LogP contribution in [0.5, 0.6) is 5.88 Å². The number of hydrogen-bond acceptors (Lipinski definition) is 6. The van der Waals surface area contributed by atoms with Gasteiger partial charge in [-0.1, -0.05) is 0 Å². The Morgan fingerprint density at radius 1 is 1.53 bits per heavy atom. The summed E-state index contributed by atoms with van der Waals surface area (Å²) in [5.41, 5.74) is 0.786. The molecule has 3 rings (SSSR count). The lowest BCUT2D eigenvalue weighted by molar-refractivity contribution is -0.107. The van der Waals surface area contributed by atoms with E-state index in [0.29, 0.717) is 12.5 Å². The third kappa shape index (κ3) is 2.86. The first-order chi connectivity index (χ1) is 9.14. The van der Waals surface area contributed by atoms with E-state index in [2.05, 4.69) is 29.1 Å². The third-order valence-corrected chi connectivity index (χ3v) is 3.92. The summed E-state index contributed by atoms with van der Waals surface area (Å²) in [6.07, 6.45) is 1.59. The van der Waals surface area contributed by atoms with Crippen LogP contribution in [0.25, 0.3) is 10.2 Å². The van der Waals surface area contributed by atoms with Crippen molar-refractivity contribution >= 4 is 21.6 Å². The summed E-state index contributed by atoms with van der Waals surface area (Å²) in [6, 6.07) is 1.97. The Morgan fingerprint density at radius 2 is 2.42 bits per heavy atom. The van der Waals surface area contributed by atoms with E-state index >= 15 is 0 Å². The first-order valence-electron chi connectivity index (χ1n) is 6.34. The molecule has 1 saturated heterocycles. The standard InChI is InChI=1S/C13H17N3O2S/c1-13(2)7-14-5-9(18-13)6-17-12-11-10(3-4-19-11)15-8-16-12/h3-4,8-9,14H,5-7H2,1-2H3. The second kappa shape index (κ2) is 5.03. The molecule has 0 radical (unpaired) electrons. The van der Waals surface area contributed by atoms with Crippen LogP contribution in [0.15, 0.2) is 17.8 Å². The fraction of sp³-hybridized carbons (Fsp3) is 0.538. The molecule has 19 heavy (non-hydrogen) atoms. The van der Waals surface area contributed by atoms with Crippen LogP contribution in [0.4, 0.5) is 0 Å². The van der Waals surface area contributed by atoms with E-state index in [4.69, 9.17) is 9.47 Å². The van der Waals surface area contributed by atoms with E-state index in [9.17, 15) is 0 Å². The smallest absolute Gasteiger partial charge is 0.234 e. The van der Waals surface area contributed by atoms with E-state index in [0.717, 1.165) is 23.3 Å². The Kier molecular flexibility index (Phi) is 3.38. The molecule has 1 aliphatic rings. The highest BCUT2D eigenvalue weighted by atomic mass is 32.1. The summed E-state index contributed by atoms with van der Waals surface area (Å²) in [6.45, 7) is 6.33. The first kappa shape index (κ1) is 12.8. The predicted molar refractivity (Wildman–Crippen MR) is 74.7 cm³/mol. The van der Waals surface area contributed by atoms with Crippen LogP contribution in [0, 0.1) is 0 Å². The normalized spacial score (nSPS) is 22.5. The molecule has 3 heterocycles. The lowest BCUT2D eigenvalue weighted by Gasteiger charge is -2.36. The molecular weight excluding hydrogens is 262 g/mol. The molecule has 1 unspecified atom stereocenters. The van der Waals surface area contributed by atoms with Crippen LogP contribution in [-0.2, 0) is 4.74 Å². The number of rotatable bonds is 3. The molecule has 102 valence electrons. The predicted octanol–water partition coefficient (Wildman–Crippen LogP) is 1.84. The number of thiophene rings is 1. The van der Waals surface area contributed by atoms with E-state index in [1.165, 1.54) is 6.33 Å². The number of nitrogens with one attached hydrogen (secondary N) is 1. The topological polar surface area (TPSA) is 56.3 Å². The second-order valence-corrected chi connectivity index (χ2v) is 6.17.